The summed E-state index contributed by atoms with van der Waals surface area (Å²) in [5, 5.41) is 5.80. The Kier molecular flexibility index (Phi) is 5.66. The molecule has 0 fully saturated rings. The number of hydrogen-bond acceptors (Lipinski definition) is 4. The van der Waals surface area contributed by atoms with Crippen molar-refractivity contribution in [3.63, 3.8) is 0 Å². The van der Waals surface area contributed by atoms with Crippen molar-refractivity contribution in [2.45, 2.75) is 32.5 Å². The Bertz CT molecular complexity index is 676. The number of nitrogens with one attached hydrogen (secondary N) is 2. The number of rotatable bonds is 5. The summed E-state index contributed by atoms with van der Waals surface area (Å²) in [7, 11) is 0. The van der Waals surface area contributed by atoms with Crippen LogP contribution in [-0.4, -0.2) is 16.0 Å². The molecule has 1 atom stereocenters. The van der Waals surface area contributed by atoms with Crippen LogP contribution in [0, 0.1) is 3.57 Å². The van der Waals surface area contributed by atoms with Crippen LogP contribution in [0.15, 0.2) is 30.3 Å². The van der Waals surface area contributed by atoms with E-state index in [2.05, 4.69) is 43.2 Å². The van der Waals surface area contributed by atoms with Gasteiger partial charge >= 0.3 is 6.18 Å². The zero-order valence-corrected chi connectivity index (χ0v) is 14.7. The molecule has 0 saturated carbocycles. The summed E-state index contributed by atoms with van der Waals surface area (Å²) >= 11 is 2.10. The van der Waals surface area contributed by atoms with Crippen LogP contribution in [-0.2, 0) is 6.18 Å². The minimum absolute atomic E-state index is 0.0248. The SMILES string of the molecule is CC[C@@H](C)Nc1nc(Nc2ccccc2I)cc(C(F)(F)F)n1. The van der Waals surface area contributed by atoms with Crippen LogP contribution >= 0.6 is 22.6 Å². The molecule has 4 nitrogen and oxygen atoms in total. The molecule has 0 aliphatic rings. The maximum atomic E-state index is 13.0. The zero-order chi connectivity index (χ0) is 17.0. The largest absolute Gasteiger partial charge is 0.433 e. The fraction of sp³-hybridized carbons (Fsp3) is 0.333. The molecule has 0 bridgehead atoms. The summed E-state index contributed by atoms with van der Waals surface area (Å²) in [5.74, 6) is 0.0601. The second-order valence-electron chi connectivity index (χ2n) is 5.02. The summed E-state index contributed by atoms with van der Waals surface area (Å²) in [6, 6.07) is 8.17. The van der Waals surface area contributed by atoms with Crippen LogP contribution in [0.5, 0.6) is 0 Å². The maximum absolute atomic E-state index is 13.0. The molecule has 2 N–H and O–H groups in total. The monoisotopic (exact) mass is 436 g/mol. The Morgan fingerprint density at radius 1 is 1.22 bits per heavy atom. The lowest BCUT2D eigenvalue weighted by Crippen LogP contribution is -2.18. The van der Waals surface area contributed by atoms with Gasteiger partial charge < -0.3 is 10.6 Å². The highest BCUT2D eigenvalue weighted by Crippen LogP contribution is 2.31. The molecule has 0 amide bonds. The highest BCUT2D eigenvalue weighted by molar-refractivity contribution is 14.1. The Labute approximate surface area is 146 Å². The molecule has 1 heterocycles. The smallest absolute Gasteiger partial charge is 0.352 e. The van der Waals surface area contributed by atoms with Gasteiger partial charge in [0.1, 0.15) is 5.82 Å². The van der Waals surface area contributed by atoms with Gasteiger partial charge in [-0.25, -0.2) is 4.98 Å². The Balaban J connectivity index is 2.38. The van der Waals surface area contributed by atoms with Gasteiger partial charge in [-0.1, -0.05) is 19.1 Å². The fourth-order valence-electron chi connectivity index (χ4n) is 1.74. The van der Waals surface area contributed by atoms with E-state index in [0.717, 1.165) is 16.1 Å². The molecule has 8 heteroatoms. The van der Waals surface area contributed by atoms with Crippen molar-refractivity contribution >= 4 is 40.0 Å². The van der Waals surface area contributed by atoms with E-state index in [1.165, 1.54) is 0 Å². The molecule has 23 heavy (non-hydrogen) atoms. The Morgan fingerprint density at radius 2 is 1.91 bits per heavy atom. The number of alkyl halides is 3. The van der Waals surface area contributed by atoms with Crippen LogP contribution in [0.2, 0.25) is 0 Å². The number of aromatic nitrogens is 2. The standard InChI is InChI=1S/C15H16F3IN4/c1-3-9(2)20-14-22-12(15(16,17)18)8-13(23-14)21-11-7-5-4-6-10(11)19/h4-9H,3H2,1-2H3,(H2,20,21,22,23)/t9-/m1/s1. The fourth-order valence-corrected chi connectivity index (χ4v) is 2.27. The summed E-state index contributed by atoms with van der Waals surface area (Å²) in [6.45, 7) is 3.79. The van der Waals surface area contributed by atoms with E-state index >= 15 is 0 Å². The van der Waals surface area contributed by atoms with Gasteiger partial charge in [0.05, 0.1) is 5.69 Å². The Hall–Kier alpha value is -1.58. The molecule has 1 aromatic heterocycles. The van der Waals surface area contributed by atoms with Crippen molar-refractivity contribution in [2.24, 2.45) is 0 Å². The Morgan fingerprint density at radius 3 is 2.52 bits per heavy atom. The predicted octanol–water partition coefficient (Wildman–Crippen LogP) is 5.05. The van der Waals surface area contributed by atoms with Gasteiger partial charge in [0.2, 0.25) is 5.95 Å². The van der Waals surface area contributed by atoms with Crippen LogP contribution in [0.3, 0.4) is 0 Å². The topological polar surface area (TPSA) is 49.8 Å². The lowest BCUT2D eigenvalue weighted by atomic mass is 10.3. The van der Waals surface area contributed by atoms with Crippen LogP contribution < -0.4 is 10.6 Å². The van der Waals surface area contributed by atoms with E-state index < -0.39 is 11.9 Å². The molecular weight excluding hydrogens is 420 g/mol. The van der Waals surface area contributed by atoms with Gasteiger partial charge in [0.25, 0.3) is 0 Å². The van der Waals surface area contributed by atoms with E-state index in [0.29, 0.717) is 5.69 Å². The summed E-state index contributed by atoms with van der Waals surface area (Å²) < 4.78 is 40.0. The van der Waals surface area contributed by atoms with E-state index in [9.17, 15) is 13.2 Å². The van der Waals surface area contributed by atoms with Crippen molar-refractivity contribution in [1.29, 1.82) is 0 Å². The first-order valence-electron chi connectivity index (χ1n) is 7.04. The molecule has 0 radical (unpaired) electrons. The molecule has 124 valence electrons. The van der Waals surface area contributed by atoms with Crippen LogP contribution in [0.25, 0.3) is 0 Å². The van der Waals surface area contributed by atoms with E-state index in [4.69, 9.17) is 0 Å². The van der Waals surface area contributed by atoms with E-state index in [1.807, 2.05) is 26.0 Å². The second kappa shape index (κ2) is 7.33. The van der Waals surface area contributed by atoms with Gasteiger partial charge in [-0.3, -0.25) is 0 Å². The number of para-hydroxylation sites is 1. The number of halogens is 4. The summed E-state index contributed by atoms with van der Waals surface area (Å²) in [5.41, 5.74) is -0.291. The highest BCUT2D eigenvalue weighted by Gasteiger charge is 2.34. The first-order chi connectivity index (χ1) is 10.8. The van der Waals surface area contributed by atoms with Crippen molar-refractivity contribution in [3.05, 3.63) is 39.6 Å². The zero-order valence-electron chi connectivity index (χ0n) is 12.6. The minimum Gasteiger partial charge on any atom is -0.352 e. The van der Waals surface area contributed by atoms with E-state index in [-0.39, 0.29) is 17.8 Å². The highest BCUT2D eigenvalue weighted by atomic mass is 127. The maximum Gasteiger partial charge on any atom is 0.433 e. The first-order valence-corrected chi connectivity index (χ1v) is 8.12. The van der Waals surface area contributed by atoms with Gasteiger partial charge in [0.15, 0.2) is 5.69 Å². The van der Waals surface area contributed by atoms with Crippen LogP contribution in [0.4, 0.5) is 30.6 Å². The summed E-state index contributed by atoms with van der Waals surface area (Å²) in [4.78, 5) is 7.70. The quantitative estimate of drug-likeness (QED) is 0.644. The molecule has 0 unspecified atom stereocenters. The first kappa shape index (κ1) is 17.8. The molecule has 0 aliphatic heterocycles. The third kappa shape index (κ3) is 4.95. The summed E-state index contributed by atoms with van der Waals surface area (Å²) in [6.07, 6.45) is -3.78. The molecule has 1 aromatic carbocycles. The van der Waals surface area contributed by atoms with Gasteiger partial charge in [0, 0.05) is 15.7 Å². The normalized spacial score (nSPS) is 12.8. The minimum atomic E-state index is -4.53. The van der Waals surface area contributed by atoms with Crippen LogP contribution in [0.1, 0.15) is 26.0 Å². The third-order valence-corrected chi connectivity index (χ3v) is 4.08. The average Bonchev–Trinajstić information content (AvgIpc) is 2.48. The van der Waals surface area contributed by atoms with Crippen molar-refractivity contribution in [2.75, 3.05) is 10.6 Å². The van der Waals surface area contributed by atoms with Gasteiger partial charge in [-0.15, -0.1) is 0 Å². The van der Waals surface area contributed by atoms with Crippen molar-refractivity contribution in [3.8, 4) is 0 Å². The molecular formula is C15H16F3IN4. The molecule has 2 aromatic rings. The number of anilines is 3. The lowest BCUT2D eigenvalue weighted by molar-refractivity contribution is -0.141. The third-order valence-electron chi connectivity index (χ3n) is 3.14. The van der Waals surface area contributed by atoms with Crippen molar-refractivity contribution in [1.82, 2.24) is 9.97 Å². The van der Waals surface area contributed by atoms with Gasteiger partial charge in [-0.2, -0.15) is 18.2 Å². The van der Waals surface area contributed by atoms with E-state index in [1.54, 1.807) is 12.1 Å². The second-order valence-corrected chi connectivity index (χ2v) is 6.18. The molecule has 2 rings (SSSR count). The average molecular weight is 436 g/mol. The molecule has 0 saturated heterocycles. The molecule has 0 aliphatic carbocycles. The number of hydrogen-bond donors (Lipinski definition) is 2. The lowest BCUT2D eigenvalue weighted by Gasteiger charge is -2.15. The van der Waals surface area contributed by atoms with Gasteiger partial charge in [-0.05, 0) is 48.1 Å². The van der Waals surface area contributed by atoms with Crippen molar-refractivity contribution < 1.29 is 13.2 Å². The molecule has 0 spiro atoms. The number of nitrogens with zero attached hydrogens (tertiary/aromatic N) is 2. The predicted molar refractivity (Wildman–Crippen MR) is 92.9 cm³/mol. The number of benzene rings is 1.